The van der Waals surface area contributed by atoms with Crippen molar-refractivity contribution in [2.24, 2.45) is 0 Å². The zero-order valence-electron chi connectivity index (χ0n) is 17.6. The van der Waals surface area contributed by atoms with E-state index in [0.29, 0.717) is 0 Å². The highest BCUT2D eigenvalue weighted by molar-refractivity contribution is 7.80. The molecule has 32 heavy (non-hydrogen) atoms. The fourth-order valence-corrected chi connectivity index (χ4v) is 6.81. The van der Waals surface area contributed by atoms with Crippen LogP contribution in [0.5, 0.6) is 23.0 Å². The summed E-state index contributed by atoms with van der Waals surface area (Å²) in [6.45, 7) is 2.54. The lowest BCUT2D eigenvalue weighted by molar-refractivity contribution is 0.173. The van der Waals surface area contributed by atoms with E-state index in [1.54, 1.807) is 0 Å². The van der Waals surface area contributed by atoms with Crippen LogP contribution in [0.25, 0.3) is 11.1 Å². The second kappa shape index (κ2) is 7.89. The van der Waals surface area contributed by atoms with Crippen molar-refractivity contribution >= 4 is 23.8 Å². The molecule has 0 unspecified atom stereocenters. The summed E-state index contributed by atoms with van der Waals surface area (Å²) in [5, 5.41) is 3.75. The van der Waals surface area contributed by atoms with Crippen LogP contribution in [0.2, 0.25) is 0 Å². The minimum Gasteiger partial charge on any atom is -0.454 e. The van der Waals surface area contributed by atoms with Crippen molar-refractivity contribution in [2.45, 2.75) is 6.92 Å². The summed E-state index contributed by atoms with van der Waals surface area (Å²) in [4.78, 5) is 0. The Morgan fingerprint density at radius 3 is 1.69 bits per heavy atom. The highest BCUT2D eigenvalue weighted by atomic mass is 31.1. The van der Waals surface area contributed by atoms with Gasteiger partial charge in [-0.15, -0.1) is 0 Å². The molecule has 2 heterocycles. The zero-order valence-corrected chi connectivity index (χ0v) is 18.5. The van der Waals surface area contributed by atoms with E-state index in [0.717, 1.165) is 39.7 Å². The van der Waals surface area contributed by atoms with Gasteiger partial charge in [-0.3, -0.25) is 0 Å². The highest BCUT2D eigenvalue weighted by Crippen LogP contribution is 2.52. The third-order valence-electron chi connectivity index (χ3n) is 5.78. The van der Waals surface area contributed by atoms with Crippen LogP contribution in [0.15, 0.2) is 84.9 Å². The minimum atomic E-state index is -0.848. The Kier molecular flexibility index (Phi) is 4.74. The molecule has 0 atom stereocenters. The van der Waals surface area contributed by atoms with Gasteiger partial charge in [0.15, 0.2) is 23.0 Å². The van der Waals surface area contributed by atoms with Gasteiger partial charge in [0, 0.05) is 11.1 Å². The average Bonchev–Trinajstić information content (AvgIpc) is 3.51. The van der Waals surface area contributed by atoms with E-state index in [1.807, 2.05) is 12.1 Å². The maximum absolute atomic E-state index is 6.05. The maximum Gasteiger partial charge on any atom is 0.231 e. The molecule has 0 saturated heterocycles. The Hall–Kier alpha value is -3.49. The summed E-state index contributed by atoms with van der Waals surface area (Å²) >= 11 is 0. The predicted octanol–water partition coefficient (Wildman–Crippen LogP) is 4.88. The summed E-state index contributed by atoms with van der Waals surface area (Å²) in [6, 6.07) is 29.6. The maximum atomic E-state index is 6.05. The van der Waals surface area contributed by atoms with E-state index in [-0.39, 0.29) is 13.6 Å². The van der Waals surface area contributed by atoms with Crippen molar-refractivity contribution in [3.63, 3.8) is 0 Å². The first-order valence-electron chi connectivity index (χ1n) is 10.5. The van der Waals surface area contributed by atoms with Gasteiger partial charge in [0.1, 0.15) is 0 Å². The molecule has 158 valence electrons. The molecule has 0 saturated carbocycles. The lowest BCUT2D eigenvalue weighted by Crippen LogP contribution is -2.22. The first-order chi connectivity index (χ1) is 15.8. The van der Waals surface area contributed by atoms with Gasteiger partial charge in [-0.25, -0.2) is 0 Å². The van der Waals surface area contributed by atoms with Gasteiger partial charge in [0.05, 0.1) is 0 Å². The van der Waals surface area contributed by atoms with Gasteiger partial charge in [-0.1, -0.05) is 66.7 Å². The van der Waals surface area contributed by atoms with E-state index in [1.165, 1.54) is 15.9 Å². The van der Waals surface area contributed by atoms with Gasteiger partial charge in [0.25, 0.3) is 0 Å². The molecule has 0 N–H and O–H groups in total. The number of rotatable bonds is 4. The van der Waals surface area contributed by atoms with Gasteiger partial charge in [-0.05, 0) is 54.5 Å². The Morgan fingerprint density at radius 1 is 0.562 bits per heavy atom. The molecule has 0 radical (unpaired) electrons. The summed E-state index contributed by atoms with van der Waals surface area (Å²) in [6.07, 6.45) is 0. The highest BCUT2D eigenvalue weighted by Gasteiger charge is 2.32. The molecule has 4 aromatic carbocycles. The number of ether oxygens (including phenoxy) is 4. The van der Waals surface area contributed by atoms with Crippen LogP contribution in [-0.4, -0.2) is 13.6 Å². The molecule has 0 aromatic heterocycles. The summed E-state index contributed by atoms with van der Waals surface area (Å²) in [5.41, 5.74) is 3.14. The SMILES string of the molecule is Cc1ccc2c(c1-c1c(P(c3ccccc3)c3ccccc3)ccc3c1OCO3)OCO2. The number of hydrogen-bond donors (Lipinski definition) is 0. The Balaban J connectivity index is 1.67. The lowest BCUT2D eigenvalue weighted by atomic mass is 9.97. The van der Waals surface area contributed by atoms with E-state index in [9.17, 15) is 0 Å². The van der Waals surface area contributed by atoms with Crippen LogP contribution < -0.4 is 34.9 Å². The molecular formula is C27H21O4P. The van der Waals surface area contributed by atoms with Crippen molar-refractivity contribution in [3.8, 4) is 34.1 Å². The third-order valence-corrected chi connectivity index (χ3v) is 8.27. The Labute approximate surface area is 188 Å². The smallest absolute Gasteiger partial charge is 0.231 e. The fourth-order valence-electron chi connectivity index (χ4n) is 4.35. The lowest BCUT2D eigenvalue weighted by Gasteiger charge is -2.24. The molecule has 0 aliphatic carbocycles. The average molecular weight is 440 g/mol. The van der Waals surface area contributed by atoms with E-state index >= 15 is 0 Å². The molecule has 6 rings (SSSR count). The van der Waals surface area contributed by atoms with E-state index in [4.69, 9.17) is 18.9 Å². The molecule has 2 aliphatic rings. The van der Waals surface area contributed by atoms with E-state index < -0.39 is 7.92 Å². The van der Waals surface area contributed by atoms with Gasteiger partial charge in [0.2, 0.25) is 13.6 Å². The van der Waals surface area contributed by atoms with Crippen LogP contribution in [0.3, 0.4) is 0 Å². The molecule has 0 spiro atoms. The molecule has 2 aliphatic heterocycles. The van der Waals surface area contributed by atoms with Crippen molar-refractivity contribution in [1.29, 1.82) is 0 Å². The Bertz CT molecular complexity index is 1250. The molecule has 0 amide bonds. The van der Waals surface area contributed by atoms with Crippen molar-refractivity contribution < 1.29 is 18.9 Å². The predicted molar refractivity (Wildman–Crippen MR) is 128 cm³/mol. The molecule has 4 aromatic rings. The molecular weight excluding hydrogens is 419 g/mol. The molecule has 0 bridgehead atoms. The van der Waals surface area contributed by atoms with Crippen LogP contribution in [0.1, 0.15) is 5.56 Å². The first-order valence-corrected chi connectivity index (χ1v) is 11.9. The molecule has 0 fully saturated rings. The standard InChI is InChI=1S/C27H21O4P/c1-18-12-13-21-26(30-16-28-21)24(18)25-23(15-14-22-27(25)31-17-29-22)32(19-8-4-2-5-9-19)20-10-6-3-7-11-20/h2-15H,16-17H2,1H3. The largest absolute Gasteiger partial charge is 0.454 e. The normalized spacial score (nSPS) is 13.6. The zero-order chi connectivity index (χ0) is 21.5. The van der Waals surface area contributed by atoms with E-state index in [2.05, 4.69) is 79.7 Å². The van der Waals surface area contributed by atoms with Gasteiger partial charge in [-0.2, -0.15) is 0 Å². The summed E-state index contributed by atoms with van der Waals surface area (Å²) in [7, 11) is -0.848. The Morgan fingerprint density at radius 2 is 1.09 bits per heavy atom. The summed E-state index contributed by atoms with van der Waals surface area (Å²) in [5.74, 6) is 3.06. The molecule has 5 heteroatoms. The van der Waals surface area contributed by atoms with Gasteiger partial charge < -0.3 is 18.9 Å². The second-order valence-electron chi connectivity index (χ2n) is 7.69. The van der Waals surface area contributed by atoms with Crippen molar-refractivity contribution in [1.82, 2.24) is 0 Å². The van der Waals surface area contributed by atoms with Crippen LogP contribution in [-0.2, 0) is 0 Å². The van der Waals surface area contributed by atoms with Crippen LogP contribution in [0, 0.1) is 6.92 Å². The number of aryl methyl sites for hydroxylation is 1. The number of hydrogen-bond acceptors (Lipinski definition) is 4. The van der Waals surface area contributed by atoms with Gasteiger partial charge >= 0.3 is 0 Å². The van der Waals surface area contributed by atoms with Crippen LogP contribution >= 0.6 is 7.92 Å². The number of fused-ring (bicyclic) bond motifs is 2. The topological polar surface area (TPSA) is 36.9 Å². The van der Waals surface area contributed by atoms with Crippen molar-refractivity contribution in [2.75, 3.05) is 13.6 Å². The third kappa shape index (κ3) is 3.11. The molecule has 4 nitrogen and oxygen atoms in total. The first kappa shape index (κ1) is 19.2. The minimum absolute atomic E-state index is 0.214. The quantitative estimate of drug-likeness (QED) is 0.424. The van der Waals surface area contributed by atoms with Crippen LogP contribution in [0.4, 0.5) is 0 Å². The van der Waals surface area contributed by atoms with Crippen molar-refractivity contribution in [3.05, 3.63) is 90.5 Å². The fraction of sp³-hybridized carbons (Fsp3) is 0.111. The number of benzene rings is 4. The second-order valence-corrected chi connectivity index (χ2v) is 9.88. The summed E-state index contributed by atoms with van der Waals surface area (Å²) < 4.78 is 23.5. The monoisotopic (exact) mass is 440 g/mol.